The van der Waals surface area contributed by atoms with Gasteiger partial charge in [0, 0.05) is 0 Å². The van der Waals surface area contributed by atoms with Crippen LogP contribution in [0.5, 0.6) is 0 Å². The zero-order valence-corrected chi connectivity index (χ0v) is 8.49. The Labute approximate surface area is 91.7 Å². The molecule has 3 nitrogen and oxygen atoms in total. The molecule has 0 atom stereocenters. The fourth-order valence-corrected chi connectivity index (χ4v) is 1.36. The van der Waals surface area contributed by atoms with Gasteiger partial charge in [0.2, 0.25) is 0 Å². The van der Waals surface area contributed by atoms with E-state index in [0.717, 1.165) is 11.0 Å². The monoisotopic (exact) mass is 218 g/mol. The fourth-order valence-electron chi connectivity index (χ4n) is 1.18. The summed E-state index contributed by atoms with van der Waals surface area (Å²) < 4.78 is 0. The number of para-hydroxylation sites is 2. The van der Waals surface area contributed by atoms with Crippen molar-refractivity contribution >= 4 is 22.6 Å². The fraction of sp³-hybridized carbons (Fsp3) is 0.0909. The van der Waals surface area contributed by atoms with Gasteiger partial charge in [-0.05, 0) is 18.1 Å². The molecule has 74 valence electrons. The van der Waals surface area contributed by atoms with Gasteiger partial charge in [0.25, 0.3) is 0 Å². The summed E-state index contributed by atoms with van der Waals surface area (Å²) in [5.74, 6) is 5.14. The molecule has 0 bridgehead atoms. The van der Waals surface area contributed by atoms with Crippen molar-refractivity contribution in [3.8, 4) is 11.8 Å². The van der Waals surface area contributed by atoms with Crippen LogP contribution < -0.4 is 0 Å². The van der Waals surface area contributed by atoms with Crippen molar-refractivity contribution < 1.29 is 5.11 Å². The van der Waals surface area contributed by atoms with E-state index in [9.17, 15) is 0 Å². The van der Waals surface area contributed by atoms with E-state index in [1.54, 1.807) is 0 Å². The number of nitrogens with zero attached hydrogens (tertiary/aromatic N) is 2. The first-order valence-corrected chi connectivity index (χ1v) is 4.71. The third-order valence-corrected chi connectivity index (χ3v) is 2.08. The number of halogens is 1. The molecule has 1 N–H and O–H groups in total. The molecule has 0 amide bonds. The number of aliphatic hydroxyl groups is 1. The molecular formula is C11H7ClN2O. The summed E-state index contributed by atoms with van der Waals surface area (Å²) in [5.41, 5.74) is 1.87. The van der Waals surface area contributed by atoms with Gasteiger partial charge in [-0.2, -0.15) is 0 Å². The van der Waals surface area contributed by atoms with Gasteiger partial charge in [-0.15, -0.1) is 0 Å². The number of hydrogen-bond donors (Lipinski definition) is 1. The highest BCUT2D eigenvalue weighted by atomic mass is 35.5. The molecule has 0 aliphatic heterocycles. The SMILES string of the molecule is OCC#Cc1nc2ccccc2nc1Cl. The highest BCUT2D eigenvalue weighted by Crippen LogP contribution is 2.15. The van der Waals surface area contributed by atoms with Crippen LogP contribution in [0.3, 0.4) is 0 Å². The lowest BCUT2D eigenvalue weighted by Gasteiger charge is -1.98. The summed E-state index contributed by atoms with van der Waals surface area (Å²) in [4.78, 5) is 8.38. The Morgan fingerprint density at radius 1 is 1.20 bits per heavy atom. The van der Waals surface area contributed by atoms with Crippen molar-refractivity contribution in [2.45, 2.75) is 0 Å². The van der Waals surface area contributed by atoms with Gasteiger partial charge in [-0.3, -0.25) is 0 Å². The molecule has 2 rings (SSSR count). The zero-order valence-electron chi connectivity index (χ0n) is 7.74. The van der Waals surface area contributed by atoms with Gasteiger partial charge in [0.1, 0.15) is 6.61 Å². The molecule has 0 radical (unpaired) electrons. The summed E-state index contributed by atoms with van der Waals surface area (Å²) in [6.45, 7) is -0.217. The molecule has 0 saturated heterocycles. The highest BCUT2D eigenvalue weighted by Gasteiger charge is 2.03. The minimum Gasteiger partial charge on any atom is -0.384 e. The van der Waals surface area contributed by atoms with Crippen LogP contribution in [0.2, 0.25) is 5.15 Å². The average molecular weight is 219 g/mol. The van der Waals surface area contributed by atoms with Gasteiger partial charge >= 0.3 is 0 Å². The predicted molar refractivity (Wildman–Crippen MR) is 58.5 cm³/mol. The topological polar surface area (TPSA) is 46.0 Å². The summed E-state index contributed by atoms with van der Waals surface area (Å²) in [6.07, 6.45) is 0. The molecule has 15 heavy (non-hydrogen) atoms. The van der Waals surface area contributed by atoms with E-state index < -0.39 is 0 Å². The second-order valence-corrected chi connectivity index (χ2v) is 3.17. The highest BCUT2D eigenvalue weighted by molar-refractivity contribution is 6.30. The molecule has 0 aliphatic rings. The van der Waals surface area contributed by atoms with E-state index >= 15 is 0 Å². The van der Waals surface area contributed by atoms with Crippen LogP contribution in [0.15, 0.2) is 24.3 Å². The second kappa shape index (κ2) is 4.26. The Hall–Kier alpha value is -1.63. The van der Waals surface area contributed by atoms with Crippen molar-refractivity contribution in [3.05, 3.63) is 35.1 Å². The number of benzene rings is 1. The molecule has 0 aliphatic carbocycles. The molecule has 4 heteroatoms. The molecule has 1 aromatic carbocycles. The lowest BCUT2D eigenvalue weighted by atomic mass is 10.3. The summed E-state index contributed by atoms with van der Waals surface area (Å²) in [5, 5.41) is 8.83. The standard InChI is InChI=1S/C11H7ClN2O/c12-11-10(6-3-7-15)13-8-4-1-2-5-9(8)14-11/h1-2,4-5,15H,7H2. The first-order valence-electron chi connectivity index (χ1n) is 4.33. The number of hydrogen-bond acceptors (Lipinski definition) is 3. The Bertz CT molecular complexity index is 557. The third kappa shape index (κ3) is 2.07. The first-order chi connectivity index (χ1) is 7.31. The van der Waals surface area contributed by atoms with Crippen LogP contribution in [0.1, 0.15) is 5.69 Å². The van der Waals surface area contributed by atoms with Gasteiger partial charge in [-0.1, -0.05) is 29.7 Å². The molecule has 0 spiro atoms. The quantitative estimate of drug-likeness (QED) is 0.684. The van der Waals surface area contributed by atoms with Crippen LogP contribution in [-0.4, -0.2) is 21.7 Å². The van der Waals surface area contributed by atoms with Crippen LogP contribution in [-0.2, 0) is 0 Å². The second-order valence-electron chi connectivity index (χ2n) is 2.81. The normalized spacial score (nSPS) is 9.73. The molecular weight excluding hydrogens is 212 g/mol. The van der Waals surface area contributed by atoms with E-state index in [1.807, 2.05) is 24.3 Å². The molecule has 0 unspecified atom stereocenters. The molecule has 2 aromatic rings. The van der Waals surface area contributed by atoms with Crippen molar-refractivity contribution in [3.63, 3.8) is 0 Å². The van der Waals surface area contributed by atoms with Crippen molar-refractivity contribution in [2.75, 3.05) is 6.61 Å². The van der Waals surface area contributed by atoms with Gasteiger partial charge in [0.15, 0.2) is 10.8 Å². The smallest absolute Gasteiger partial charge is 0.164 e. The maximum absolute atomic E-state index is 8.57. The van der Waals surface area contributed by atoms with E-state index in [-0.39, 0.29) is 11.8 Å². The maximum Gasteiger partial charge on any atom is 0.164 e. The summed E-state index contributed by atoms with van der Waals surface area (Å²) in [6, 6.07) is 7.40. The van der Waals surface area contributed by atoms with Crippen LogP contribution in [0, 0.1) is 11.8 Å². The van der Waals surface area contributed by atoms with Crippen LogP contribution >= 0.6 is 11.6 Å². The van der Waals surface area contributed by atoms with Gasteiger partial charge in [-0.25, -0.2) is 9.97 Å². The van der Waals surface area contributed by atoms with E-state index in [4.69, 9.17) is 16.7 Å². The minimum absolute atomic E-state index is 0.217. The maximum atomic E-state index is 8.57. The first kappa shape index (κ1) is 9.91. The Morgan fingerprint density at radius 2 is 1.87 bits per heavy atom. The van der Waals surface area contributed by atoms with Crippen LogP contribution in [0.25, 0.3) is 11.0 Å². The van der Waals surface area contributed by atoms with E-state index in [1.165, 1.54) is 0 Å². The third-order valence-electron chi connectivity index (χ3n) is 1.81. The Balaban J connectivity index is 2.62. The summed E-state index contributed by atoms with van der Waals surface area (Å²) >= 11 is 5.88. The van der Waals surface area contributed by atoms with Crippen molar-refractivity contribution in [1.82, 2.24) is 9.97 Å². The zero-order chi connectivity index (χ0) is 10.7. The Kier molecular flexibility index (Phi) is 2.82. The molecule has 0 fully saturated rings. The average Bonchev–Trinajstić information content (AvgIpc) is 2.26. The lowest BCUT2D eigenvalue weighted by molar-refractivity contribution is 0.350. The lowest BCUT2D eigenvalue weighted by Crippen LogP contribution is -1.91. The molecule has 0 saturated carbocycles. The minimum atomic E-state index is -0.217. The van der Waals surface area contributed by atoms with E-state index in [2.05, 4.69) is 21.8 Å². The molecule has 1 heterocycles. The number of aromatic nitrogens is 2. The largest absolute Gasteiger partial charge is 0.384 e. The number of aliphatic hydroxyl groups excluding tert-OH is 1. The number of fused-ring (bicyclic) bond motifs is 1. The van der Waals surface area contributed by atoms with Crippen molar-refractivity contribution in [2.24, 2.45) is 0 Å². The number of rotatable bonds is 0. The molecule has 1 aromatic heterocycles. The van der Waals surface area contributed by atoms with Crippen molar-refractivity contribution in [1.29, 1.82) is 0 Å². The van der Waals surface area contributed by atoms with Gasteiger partial charge in [0.05, 0.1) is 11.0 Å². The summed E-state index contributed by atoms with van der Waals surface area (Å²) in [7, 11) is 0. The predicted octanol–water partition coefficient (Wildman–Crippen LogP) is 1.63. The van der Waals surface area contributed by atoms with E-state index in [0.29, 0.717) is 5.69 Å². The van der Waals surface area contributed by atoms with Gasteiger partial charge < -0.3 is 5.11 Å². The Morgan fingerprint density at radius 3 is 2.53 bits per heavy atom. The van der Waals surface area contributed by atoms with Crippen LogP contribution in [0.4, 0.5) is 0 Å².